The Balaban J connectivity index is 1.87. The maximum Gasteiger partial charge on any atom is 0.109 e. The van der Waals surface area contributed by atoms with Gasteiger partial charge in [0.2, 0.25) is 0 Å². The summed E-state index contributed by atoms with van der Waals surface area (Å²) in [6.45, 7) is 3.05. The van der Waals surface area contributed by atoms with Crippen LogP contribution in [0.4, 0.5) is 5.69 Å². The summed E-state index contributed by atoms with van der Waals surface area (Å²) in [5.74, 6) is 2.04. The predicted molar refractivity (Wildman–Crippen MR) is 70.0 cm³/mol. The lowest BCUT2D eigenvalue weighted by atomic mass is 10.0. The van der Waals surface area contributed by atoms with Gasteiger partial charge in [0.15, 0.2) is 0 Å². The molecule has 4 rings (SSSR count). The topological polar surface area (TPSA) is 15.6 Å². The van der Waals surface area contributed by atoms with Crippen LogP contribution in [-0.4, -0.2) is 16.8 Å². The molecule has 1 saturated heterocycles. The lowest BCUT2D eigenvalue weighted by Gasteiger charge is -2.34. The van der Waals surface area contributed by atoms with Crippen molar-refractivity contribution >= 4 is 23.1 Å². The second-order valence-electron chi connectivity index (χ2n) is 5.51. The van der Waals surface area contributed by atoms with Gasteiger partial charge in [0.25, 0.3) is 0 Å². The van der Waals surface area contributed by atoms with E-state index in [-0.39, 0.29) is 0 Å². The molecule has 0 spiro atoms. The fourth-order valence-corrected chi connectivity index (χ4v) is 3.89. The van der Waals surface area contributed by atoms with E-state index in [2.05, 4.69) is 24.0 Å². The second-order valence-corrected chi connectivity index (χ2v) is 5.91. The highest BCUT2D eigenvalue weighted by atomic mass is 35.5. The van der Waals surface area contributed by atoms with Crippen molar-refractivity contribution in [3.63, 3.8) is 0 Å². The first-order valence-corrected chi connectivity index (χ1v) is 6.74. The van der Waals surface area contributed by atoms with Crippen molar-refractivity contribution < 1.29 is 0 Å². The summed E-state index contributed by atoms with van der Waals surface area (Å²) in [5.41, 5.74) is 3.53. The number of aliphatic imine (C=N–C) groups is 1. The number of aryl methyl sites for hydroxylation is 1. The Labute approximate surface area is 106 Å². The normalized spacial score (nSPS) is 29.1. The van der Waals surface area contributed by atoms with Gasteiger partial charge in [0.05, 0.1) is 5.69 Å². The summed E-state index contributed by atoms with van der Waals surface area (Å²) in [7, 11) is 0. The van der Waals surface area contributed by atoms with Crippen molar-refractivity contribution in [2.45, 2.75) is 38.8 Å². The molecule has 1 saturated carbocycles. The van der Waals surface area contributed by atoms with Crippen LogP contribution >= 0.6 is 11.6 Å². The zero-order valence-corrected chi connectivity index (χ0v) is 10.7. The molecule has 0 radical (unpaired) electrons. The molecule has 2 heterocycles. The highest BCUT2D eigenvalue weighted by molar-refractivity contribution is 6.32. The third-order valence-corrected chi connectivity index (χ3v) is 4.72. The third-order valence-electron chi connectivity index (χ3n) is 4.38. The van der Waals surface area contributed by atoms with E-state index in [9.17, 15) is 0 Å². The first kappa shape index (κ1) is 9.95. The predicted octanol–water partition coefficient (Wildman–Crippen LogP) is 3.68. The molecule has 0 aromatic heterocycles. The van der Waals surface area contributed by atoms with Crippen LogP contribution in [0.3, 0.4) is 0 Å². The SMILES string of the molecule is Cc1cc(Cl)c2c(c1)N=C1C3CCC(C3)N1C2. The number of halogens is 1. The highest BCUT2D eigenvalue weighted by Gasteiger charge is 2.44. The van der Waals surface area contributed by atoms with Gasteiger partial charge in [-0.1, -0.05) is 11.6 Å². The molecule has 3 aliphatic rings. The molecule has 1 aromatic rings. The molecule has 88 valence electrons. The fourth-order valence-electron chi connectivity index (χ4n) is 3.57. The first-order valence-electron chi connectivity index (χ1n) is 6.36. The molecular weight excluding hydrogens is 232 g/mol. The zero-order chi connectivity index (χ0) is 11.6. The summed E-state index contributed by atoms with van der Waals surface area (Å²) < 4.78 is 0. The van der Waals surface area contributed by atoms with E-state index in [1.807, 2.05) is 0 Å². The molecule has 17 heavy (non-hydrogen) atoms. The lowest BCUT2D eigenvalue weighted by Crippen LogP contribution is -2.38. The summed E-state index contributed by atoms with van der Waals surface area (Å²) >= 11 is 6.34. The minimum atomic E-state index is 0.715. The molecule has 2 bridgehead atoms. The lowest BCUT2D eigenvalue weighted by molar-refractivity contribution is 0.317. The minimum absolute atomic E-state index is 0.715. The molecule has 2 fully saturated rings. The van der Waals surface area contributed by atoms with Crippen molar-refractivity contribution in [3.8, 4) is 0 Å². The van der Waals surface area contributed by atoms with Crippen molar-refractivity contribution in [2.75, 3.05) is 0 Å². The summed E-state index contributed by atoms with van der Waals surface area (Å²) in [6, 6.07) is 4.94. The van der Waals surface area contributed by atoms with Crippen LogP contribution in [0.2, 0.25) is 5.02 Å². The maximum absolute atomic E-state index is 6.34. The van der Waals surface area contributed by atoms with Gasteiger partial charge in [-0.15, -0.1) is 0 Å². The Morgan fingerprint density at radius 2 is 2.24 bits per heavy atom. The highest BCUT2D eigenvalue weighted by Crippen LogP contribution is 2.45. The van der Waals surface area contributed by atoms with Gasteiger partial charge in [-0.05, 0) is 43.9 Å². The Kier molecular flexibility index (Phi) is 1.91. The monoisotopic (exact) mass is 246 g/mol. The van der Waals surface area contributed by atoms with Gasteiger partial charge in [-0.2, -0.15) is 0 Å². The van der Waals surface area contributed by atoms with E-state index >= 15 is 0 Å². The van der Waals surface area contributed by atoms with Gasteiger partial charge in [-0.3, -0.25) is 0 Å². The van der Waals surface area contributed by atoms with Gasteiger partial charge in [0.1, 0.15) is 5.84 Å². The fraction of sp³-hybridized carbons (Fsp3) is 0.500. The molecule has 0 amide bonds. The maximum atomic E-state index is 6.34. The quantitative estimate of drug-likeness (QED) is 0.682. The molecule has 0 N–H and O–H groups in total. The molecule has 1 aromatic carbocycles. The standard InChI is InChI=1S/C14H15ClN2/c1-8-4-12(15)11-7-17-10-3-2-9(6-10)14(17)16-13(11)5-8/h4-5,9-10H,2-3,6-7H2,1H3. The van der Waals surface area contributed by atoms with Crippen molar-refractivity contribution in [3.05, 3.63) is 28.3 Å². The van der Waals surface area contributed by atoms with Crippen LogP contribution in [0.25, 0.3) is 0 Å². The number of fused-ring (bicyclic) bond motifs is 6. The molecule has 2 aliphatic heterocycles. The Bertz CT molecular complexity index is 535. The number of hydrogen-bond acceptors (Lipinski definition) is 2. The summed E-state index contributed by atoms with van der Waals surface area (Å²) in [6.07, 6.45) is 3.97. The Hall–Kier alpha value is -1.02. The smallest absolute Gasteiger partial charge is 0.109 e. The molecule has 2 nitrogen and oxygen atoms in total. The largest absolute Gasteiger partial charge is 0.352 e. The molecule has 2 atom stereocenters. The first-order chi connectivity index (χ1) is 8.22. The molecular formula is C14H15ClN2. The molecule has 2 unspecified atom stereocenters. The summed E-state index contributed by atoms with van der Waals surface area (Å²) in [4.78, 5) is 7.35. The minimum Gasteiger partial charge on any atom is -0.352 e. The van der Waals surface area contributed by atoms with Crippen molar-refractivity contribution in [1.29, 1.82) is 0 Å². The van der Waals surface area contributed by atoms with E-state index < -0.39 is 0 Å². The average Bonchev–Trinajstić information content (AvgIpc) is 2.87. The summed E-state index contributed by atoms with van der Waals surface area (Å²) in [5, 5.41) is 0.880. The van der Waals surface area contributed by atoms with Crippen LogP contribution < -0.4 is 0 Å². The second kappa shape index (κ2) is 3.26. The molecule has 1 aliphatic carbocycles. The number of amidine groups is 1. The molecule has 3 heteroatoms. The van der Waals surface area contributed by atoms with Crippen LogP contribution in [0, 0.1) is 12.8 Å². The van der Waals surface area contributed by atoms with E-state index in [4.69, 9.17) is 16.6 Å². The van der Waals surface area contributed by atoms with E-state index in [0.29, 0.717) is 5.92 Å². The number of hydrogen-bond donors (Lipinski definition) is 0. The number of piperidine rings is 1. The van der Waals surface area contributed by atoms with E-state index in [1.165, 1.54) is 36.2 Å². The average molecular weight is 247 g/mol. The van der Waals surface area contributed by atoms with Gasteiger partial charge < -0.3 is 4.90 Å². The van der Waals surface area contributed by atoms with Gasteiger partial charge in [-0.25, -0.2) is 4.99 Å². The van der Waals surface area contributed by atoms with Gasteiger partial charge >= 0.3 is 0 Å². The zero-order valence-electron chi connectivity index (χ0n) is 9.91. The van der Waals surface area contributed by atoms with Crippen molar-refractivity contribution in [1.82, 2.24) is 4.90 Å². The van der Waals surface area contributed by atoms with Crippen LogP contribution in [0.1, 0.15) is 30.4 Å². The van der Waals surface area contributed by atoms with Crippen LogP contribution in [0.5, 0.6) is 0 Å². The van der Waals surface area contributed by atoms with Gasteiger partial charge in [0, 0.05) is 29.1 Å². The number of benzene rings is 1. The Morgan fingerprint density at radius 1 is 1.35 bits per heavy atom. The van der Waals surface area contributed by atoms with E-state index in [1.54, 1.807) is 0 Å². The van der Waals surface area contributed by atoms with Crippen LogP contribution in [-0.2, 0) is 6.54 Å². The number of rotatable bonds is 0. The Morgan fingerprint density at radius 3 is 3.12 bits per heavy atom. The third kappa shape index (κ3) is 1.30. The van der Waals surface area contributed by atoms with Crippen molar-refractivity contribution in [2.24, 2.45) is 10.9 Å². The number of nitrogens with zero attached hydrogens (tertiary/aromatic N) is 2. The van der Waals surface area contributed by atoms with E-state index in [0.717, 1.165) is 23.3 Å². The van der Waals surface area contributed by atoms with Crippen LogP contribution in [0.15, 0.2) is 17.1 Å².